The fourth-order valence-electron chi connectivity index (χ4n) is 4.81. The van der Waals surface area contributed by atoms with Crippen LogP contribution in [0.1, 0.15) is 11.3 Å². The summed E-state index contributed by atoms with van der Waals surface area (Å²) in [7, 11) is 1.61. The lowest BCUT2D eigenvalue weighted by Gasteiger charge is -2.07. The summed E-state index contributed by atoms with van der Waals surface area (Å²) in [5.74, 6) is 1.41. The van der Waals surface area contributed by atoms with Crippen molar-refractivity contribution in [3.05, 3.63) is 107 Å². The second-order valence-electron chi connectivity index (χ2n) is 8.71. The van der Waals surface area contributed by atoms with Crippen molar-refractivity contribution in [1.29, 1.82) is 0 Å². The highest BCUT2D eigenvalue weighted by Crippen LogP contribution is 2.33. The van der Waals surface area contributed by atoms with Gasteiger partial charge in [0.15, 0.2) is 5.76 Å². The molecule has 0 spiro atoms. The zero-order chi connectivity index (χ0) is 25.5. The molecule has 0 fully saturated rings. The van der Waals surface area contributed by atoms with E-state index in [9.17, 15) is 4.79 Å². The monoisotopic (exact) mass is 488 g/mol. The number of hydrogen-bond donors (Lipinski definition) is 0. The predicted molar refractivity (Wildman–Crippen MR) is 148 cm³/mol. The van der Waals surface area contributed by atoms with E-state index in [0.717, 1.165) is 27.5 Å². The topological polar surface area (TPSA) is 74.6 Å². The molecule has 7 heteroatoms. The van der Waals surface area contributed by atoms with E-state index >= 15 is 0 Å². The van der Waals surface area contributed by atoms with Crippen molar-refractivity contribution in [3.63, 3.8) is 0 Å². The smallest absolute Gasteiger partial charge is 0.282 e. The fraction of sp³-hybridized carbons (Fsp3) is 0.100. The van der Waals surface area contributed by atoms with Gasteiger partial charge in [-0.3, -0.25) is 4.79 Å². The van der Waals surface area contributed by atoms with E-state index in [0.29, 0.717) is 40.4 Å². The summed E-state index contributed by atoms with van der Waals surface area (Å²) < 4.78 is 15.1. The molecular formula is C30H24N4O3. The van der Waals surface area contributed by atoms with Crippen molar-refractivity contribution in [2.24, 2.45) is 5.10 Å². The number of methoxy groups -OCH3 is 1. The molecule has 0 N–H and O–H groups in total. The second kappa shape index (κ2) is 8.95. The second-order valence-corrected chi connectivity index (χ2v) is 8.71. The maximum absolute atomic E-state index is 13.7. The van der Waals surface area contributed by atoms with E-state index in [-0.39, 0.29) is 5.56 Å². The number of hydrogen-bond acceptors (Lipinski definition) is 5. The van der Waals surface area contributed by atoms with Crippen LogP contribution in [0, 0.1) is 6.92 Å². The van der Waals surface area contributed by atoms with Crippen molar-refractivity contribution in [1.82, 2.24) is 14.2 Å². The Morgan fingerprint density at radius 2 is 1.81 bits per heavy atom. The van der Waals surface area contributed by atoms with Crippen molar-refractivity contribution in [2.75, 3.05) is 7.11 Å². The van der Waals surface area contributed by atoms with Crippen LogP contribution in [0.5, 0.6) is 5.75 Å². The van der Waals surface area contributed by atoms with E-state index in [2.05, 4.69) is 28.4 Å². The molecule has 0 aliphatic rings. The number of fused-ring (bicyclic) bond motifs is 3. The predicted octanol–water partition coefficient (Wildman–Crippen LogP) is 6.15. The van der Waals surface area contributed by atoms with Crippen LogP contribution in [0.15, 0.2) is 99.8 Å². The van der Waals surface area contributed by atoms with E-state index in [4.69, 9.17) is 14.1 Å². The minimum atomic E-state index is -0.281. The van der Waals surface area contributed by atoms with Gasteiger partial charge in [-0.25, -0.2) is 4.98 Å². The number of rotatable bonds is 6. The molecule has 0 saturated carbocycles. The molecule has 0 amide bonds. The fourth-order valence-corrected chi connectivity index (χ4v) is 4.81. The molecule has 0 aliphatic carbocycles. The minimum Gasteiger partial charge on any atom is -0.496 e. The average Bonchev–Trinajstić information content (AvgIpc) is 3.48. The summed E-state index contributed by atoms with van der Waals surface area (Å²) in [6, 6.07) is 22.8. The zero-order valence-electron chi connectivity index (χ0n) is 20.5. The van der Waals surface area contributed by atoms with E-state index < -0.39 is 0 Å². The molecule has 0 radical (unpaired) electrons. The summed E-state index contributed by atoms with van der Waals surface area (Å²) in [6.45, 7) is 6.61. The Hall–Kier alpha value is -4.91. The summed E-state index contributed by atoms with van der Waals surface area (Å²) in [4.78, 5) is 18.4. The van der Waals surface area contributed by atoms with E-state index in [1.165, 1.54) is 4.68 Å². The largest absolute Gasteiger partial charge is 0.496 e. The number of aromatic nitrogens is 3. The van der Waals surface area contributed by atoms with Gasteiger partial charge in [0.05, 0.1) is 29.6 Å². The molecule has 0 atom stereocenters. The first-order valence-electron chi connectivity index (χ1n) is 11.9. The molecule has 6 rings (SSSR count). The van der Waals surface area contributed by atoms with Gasteiger partial charge in [0.2, 0.25) is 5.82 Å². The van der Waals surface area contributed by atoms with E-state index in [1.807, 2.05) is 67.6 Å². The number of furan rings is 1. The van der Waals surface area contributed by atoms with Crippen molar-refractivity contribution < 1.29 is 9.15 Å². The zero-order valence-corrected chi connectivity index (χ0v) is 20.5. The standard InChI is InChI=1S/C30H24N4O3/c1-4-16-33-19(2)23(20-10-6-8-13-25(20)33)18-31-34-29(32-24-12-7-5-11-21(24)30(34)35)28-17-22-26(36-3)14-9-15-27(22)37-28/h4-15,17-18H,1,16H2,2-3H3. The number of benzene rings is 3. The maximum atomic E-state index is 13.7. The van der Waals surface area contributed by atoms with Crippen LogP contribution in [0.25, 0.3) is 44.4 Å². The van der Waals surface area contributed by atoms with E-state index in [1.54, 1.807) is 19.4 Å². The molecule has 3 aromatic carbocycles. The molecule has 182 valence electrons. The Bertz CT molecular complexity index is 1910. The van der Waals surface area contributed by atoms with Crippen LogP contribution in [0.3, 0.4) is 0 Å². The summed E-state index contributed by atoms with van der Waals surface area (Å²) in [5.41, 5.74) is 3.96. The first-order chi connectivity index (χ1) is 18.1. The molecule has 0 unspecified atom stereocenters. The third-order valence-electron chi connectivity index (χ3n) is 6.61. The average molecular weight is 489 g/mol. The Kier molecular flexibility index (Phi) is 5.45. The van der Waals surface area contributed by atoms with Gasteiger partial charge in [-0.15, -0.1) is 6.58 Å². The summed E-state index contributed by atoms with van der Waals surface area (Å²) >= 11 is 0. The molecule has 7 nitrogen and oxygen atoms in total. The highest BCUT2D eigenvalue weighted by molar-refractivity contribution is 6.01. The van der Waals surface area contributed by atoms with Crippen molar-refractivity contribution in [2.45, 2.75) is 13.5 Å². The first-order valence-corrected chi connectivity index (χ1v) is 11.9. The Labute approximate surface area is 212 Å². The van der Waals surface area contributed by atoms with Gasteiger partial charge in [-0.2, -0.15) is 9.78 Å². The van der Waals surface area contributed by atoms with Crippen LogP contribution in [0.2, 0.25) is 0 Å². The third-order valence-corrected chi connectivity index (χ3v) is 6.61. The maximum Gasteiger partial charge on any atom is 0.282 e. The van der Waals surface area contributed by atoms with Crippen LogP contribution in [-0.4, -0.2) is 27.6 Å². The van der Waals surface area contributed by atoms with Gasteiger partial charge >= 0.3 is 0 Å². The molecule has 3 aromatic heterocycles. The van der Waals surface area contributed by atoms with Crippen LogP contribution in [0.4, 0.5) is 0 Å². The lowest BCUT2D eigenvalue weighted by Crippen LogP contribution is -2.20. The molecule has 0 saturated heterocycles. The van der Waals surface area contributed by atoms with Gasteiger partial charge in [0.25, 0.3) is 5.56 Å². The quantitative estimate of drug-likeness (QED) is 0.208. The summed E-state index contributed by atoms with van der Waals surface area (Å²) in [6.07, 6.45) is 3.59. The number of para-hydroxylation sites is 2. The highest BCUT2D eigenvalue weighted by atomic mass is 16.5. The lowest BCUT2D eigenvalue weighted by atomic mass is 10.1. The highest BCUT2D eigenvalue weighted by Gasteiger charge is 2.18. The Balaban J connectivity index is 1.59. The molecule has 0 aliphatic heterocycles. The first kappa shape index (κ1) is 22.5. The normalized spacial score (nSPS) is 11.7. The Morgan fingerprint density at radius 1 is 1.03 bits per heavy atom. The molecular weight excluding hydrogens is 464 g/mol. The third kappa shape index (κ3) is 3.63. The Morgan fingerprint density at radius 3 is 2.62 bits per heavy atom. The lowest BCUT2D eigenvalue weighted by molar-refractivity contribution is 0.419. The van der Waals surface area contributed by atoms with Gasteiger partial charge < -0.3 is 13.7 Å². The number of ether oxygens (including phenoxy) is 1. The van der Waals surface area contributed by atoms with Crippen LogP contribution in [-0.2, 0) is 6.54 Å². The summed E-state index contributed by atoms with van der Waals surface area (Å²) in [5, 5.41) is 7.00. The van der Waals surface area contributed by atoms with Crippen LogP contribution < -0.4 is 10.3 Å². The van der Waals surface area contributed by atoms with Crippen LogP contribution >= 0.6 is 0 Å². The molecule has 6 aromatic rings. The van der Waals surface area contributed by atoms with Gasteiger partial charge in [-0.05, 0) is 43.3 Å². The van der Waals surface area contributed by atoms with Crippen molar-refractivity contribution in [3.8, 4) is 17.3 Å². The molecule has 37 heavy (non-hydrogen) atoms. The SMILES string of the molecule is C=CCn1c(C)c(C=Nn2c(-c3cc4c(OC)cccc4o3)nc3ccccc3c2=O)c2ccccc21. The van der Waals surface area contributed by atoms with Gasteiger partial charge in [-0.1, -0.05) is 42.5 Å². The molecule has 3 heterocycles. The van der Waals surface area contributed by atoms with Gasteiger partial charge in [0.1, 0.15) is 11.3 Å². The number of allylic oxidation sites excluding steroid dienone is 1. The van der Waals surface area contributed by atoms with Crippen molar-refractivity contribution >= 4 is 39.0 Å². The molecule has 0 bridgehead atoms. The number of nitrogens with zero attached hydrogens (tertiary/aromatic N) is 4. The van der Waals surface area contributed by atoms with Gasteiger partial charge in [0, 0.05) is 28.7 Å². The minimum absolute atomic E-state index is 0.281.